The lowest BCUT2D eigenvalue weighted by molar-refractivity contribution is -0.141. The highest BCUT2D eigenvalue weighted by Gasteiger charge is 2.31. The predicted molar refractivity (Wildman–Crippen MR) is 163 cm³/mol. The van der Waals surface area contributed by atoms with E-state index in [-0.39, 0.29) is 35.5 Å². The van der Waals surface area contributed by atoms with E-state index >= 15 is 0 Å². The molecule has 3 aromatic rings. The molecule has 1 atom stereocenters. The van der Waals surface area contributed by atoms with E-state index in [0.717, 1.165) is 18.4 Å². The zero-order chi connectivity index (χ0) is 30.7. The molecule has 8 nitrogen and oxygen atoms in total. The molecule has 1 aliphatic heterocycles. The molecule has 1 fully saturated rings. The molecule has 0 aliphatic carbocycles. The molecule has 1 heterocycles. The Morgan fingerprint density at radius 2 is 1.60 bits per heavy atom. The normalized spacial score (nSPS) is 14.4. The second-order valence-electron chi connectivity index (χ2n) is 10.6. The quantitative estimate of drug-likeness (QED) is 0.249. The fourth-order valence-corrected chi connectivity index (χ4v) is 6.66. The Hall–Kier alpha value is -3.60. The third kappa shape index (κ3) is 8.95. The van der Waals surface area contributed by atoms with Crippen molar-refractivity contribution < 1.29 is 27.1 Å². The number of halogens is 1. The minimum absolute atomic E-state index is 0.0976. The van der Waals surface area contributed by atoms with Crippen LogP contribution in [0.2, 0.25) is 0 Å². The zero-order valence-electron chi connectivity index (χ0n) is 24.6. The maximum absolute atomic E-state index is 13.9. The highest BCUT2D eigenvalue weighted by molar-refractivity contribution is 7.89. The summed E-state index contributed by atoms with van der Waals surface area (Å²) in [5.41, 5.74) is 2.17. The largest absolute Gasteiger partial charge is 0.382 e. The number of aryl methyl sites for hydroxylation is 1. The fourth-order valence-electron chi connectivity index (χ4n) is 5.15. The number of amides is 2. The first-order valence-electron chi connectivity index (χ1n) is 14.8. The first kappa shape index (κ1) is 32.3. The first-order valence-corrected chi connectivity index (χ1v) is 16.3. The summed E-state index contributed by atoms with van der Waals surface area (Å²) in [5, 5.41) is 2.95. The molecule has 1 N–H and O–H groups in total. The number of nitrogens with one attached hydrogen (secondary N) is 1. The minimum Gasteiger partial charge on any atom is -0.382 e. The molecule has 230 valence electrons. The molecule has 0 radical (unpaired) electrons. The molecule has 10 heteroatoms. The van der Waals surface area contributed by atoms with Crippen molar-refractivity contribution in [2.45, 2.75) is 56.5 Å². The van der Waals surface area contributed by atoms with Crippen LogP contribution in [-0.2, 0) is 37.3 Å². The molecule has 3 aromatic carbocycles. The van der Waals surface area contributed by atoms with Gasteiger partial charge in [0, 0.05) is 45.8 Å². The molecule has 2 amide bonds. The summed E-state index contributed by atoms with van der Waals surface area (Å²) in [4.78, 5) is 29.3. The van der Waals surface area contributed by atoms with Gasteiger partial charge in [-0.3, -0.25) is 9.59 Å². The number of ether oxygens (including phenoxy) is 1. The summed E-state index contributed by atoms with van der Waals surface area (Å²) in [6.45, 7) is 4.59. The van der Waals surface area contributed by atoms with Crippen LogP contribution in [0.1, 0.15) is 55.3 Å². The van der Waals surface area contributed by atoms with E-state index < -0.39 is 16.1 Å². The second kappa shape index (κ2) is 15.7. The summed E-state index contributed by atoms with van der Waals surface area (Å²) in [5.74, 6) is -0.950. The van der Waals surface area contributed by atoms with Crippen molar-refractivity contribution in [3.63, 3.8) is 0 Å². The van der Waals surface area contributed by atoms with E-state index in [1.807, 2.05) is 37.3 Å². The summed E-state index contributed by atoms with van der Waals surface area (Å²) in [6.07, 6.45) is 2.82. The number of hydrogen-bond acceptors (Lipinski definition) is 5. The molecule has 0 aromatic heterocycles. The van der Waals surface area contributed by atoms with Crippen molar-refractivity contribution >= 4 is 21.8 Å². The Bertz CT molecular complexity index is 1430. The van der Waals surface area contributed by atoms with E-state index in [9.17, 15) is 22.4 Å². The zero-order valence-corrected chi connectivity index (χ0v) is 25.4. The van der Waals surface area contributed by atoms with Gasteiger partial charge in [0.1, 0.15) is 11.9 Å². The molecule has 43 heavy (non-hydrogen) atoms. The number of rotatable bonds is 15. The van der Waals surface area contributed by atoms with Gasteiger partial charge in [-0.15, -0.1) is 0 Å². The SMILES string of the molecule is CCOCCCNC(=O)[C@H](c1ccccc1)N(Cc1ccc(F)cc1)C(=O)CCc1ccc(S(=O)(=O)N2CCCC2)cc1. The number of benzene rings is 3. The van der Waals surface area contributed by atoms with Gasteiger partial charge in [0.05, 0.1) is 4.90 Å². The summed E-state index contributed by atoms with van der Waals surface area (Å²) < 4.78 is 46.3. The van der Waals surface area contributed by atoms with E-state index in [4.69, 9.17) is 4.74 Å². The van der Waals surface area contributed by atoms with E-state index in [2.05, 4.69) is 5.32 Å². The lowest BCUT2D eigenvalue weighted by Gasteiger charge is -2.32. The van der Waals surface area contributed by atoms with Gasteiger partial charge in [0.25, 0.3) is 0 Å². The lowest BCUT2D eigenvalue weighted by Crippen LogP contribution is -2.43. The van der Waals surface area contributed by atoms with Crippen molar-refractivity contribution in [1.82, 2.24) is 14.5 Å². The third-order valence-corrected chi connectivity index (χ3v) is 9.40. The first-order chi connectivity index (χ1) is 20.8. The van der Waals surface area contributed by atoms with E-state index in [0.29, 0.717) is 56.8 Å². The number of carbonyl (C=O) groups excluding carboxylic acids is 2. The maximum Gasteiger partial charge on any atom is 0.247 e. The molecule has 0 spiro atoms. The van der Waals surface area contributed by atoms with Gasteiger partial charge < -0.3 is 15.0 Å². The van der Waals surface area contributed by atoms with Crippen LogP contribution < -0.4 is 5.32 Å². The van der Waals surface area contributed by atoms with E-state index in [1.165, 1.54) is 21.3 Å². The van der Waals surface area contributed by atoms with Crippen molar-refractivity contribution in [2.24, 2.45) is 0 Å². The van der Waals surface area contributed by atoms with Crippen molar-refractivity contribution in [2.75, 3.05) is 32.8 Å². The number of carbonyl (C=O) groups is 2. The Balaban J connectivity index is 1.53. The predicted octanol–water partition coefficient (Wildman–Crippen LogP) is 4.86. The van der Waals surface area contributed by atoms with Crippen molar-refractivity contribution in [3.05, 3.63) is 101 Å². The minimum atomic E-state index is -3.52. The summed E-state index contributed by atoms with van der Waals surface area (Å²) in [7, 11) is -3.52. The molecule has 1 aliphatic rings. The van der Waals surface area contributed by atoms with Gasteiger partial charge in [0.15, 0.2) is 0 Å². The monoisotopic (exact) mass is 609 g/mol. The van der Waals surface area contributed by atoms with Crippen LogP contribution in [-0.4, -0.2) is 62.3 Å². The Labute approximate surface area is 253 Å². The Morgan fingerprint density at radius 1 is 0.953 bits per heavy atom. The maximum atomic E-state index is 13.9. The third-order valence-electron chi connectivity index (χ3n) is 7.48. The number of sulfonamides is 1. The van der Waals surface area contributed by atoms with Gasteiger partial charge >= 0.3 is 0 Å². The molecular weight excluding hydrogens is 569 g/mol. The topological polar surface area (TPSA) is 96.0 Å². The Morgan fingerprint density at radius 3 is 2.26 bits per heavy atom. The second-order valence-corrected chi connectivity index (χ2v) is 12.5. The summed E-state index contributed by atoms with van der Waals surface area (Å²) in [6, 6.07) is 20.8. The van der Waals surface area contributed by atoms with Crippen LogP contribution in [0.5, 0.6) is 0 Å². The van der Waals surface area contributed by atoms with Crippen LogP contribution in [0, 0.1) is 5.82 Å². The smallest absolute Gasteiger partial charge is 0.247 e. The van der Waals surface area contributed by atoms with Crippen LogP contribution in [0.15, 0.2) is 83.8 Å². The highest BCUT2D eigenvalue weighted by atomic mass is 32.2. The van der Waals surface area contributed by atoms with Crippen molar-refractivity contribution in [1.29, 1.82) is 0 Å². The molecule has 0 bridgehead atoms. The van der Waals surface area contributed by atoms with Crippen molar-refractivity contribution in [3.8, 4) is 0 Å². The van der Waals surface area contributed by atoms with Crippen LogP contribution >= 0.6 is 0 Å². The highest BCUT2D eigenvalue weighted by Crippen LogP contribution is 2.26. The van der Waals surface area contributed by atoms with Gasteiger partial charge in [0.2, 0.25) is 21.8 Å². The Kier molecular flexibility index (Phi) is 11.8. The van der Waals surface area contributed by atoms with Crippen LogP contribution in [0.4, 0.5) is 4.39 Å². The van der Waals surface area contributed by atoms with Gasteiger partial charge in [-0.2, -0.15) is 4.31 Å². The fraction of sp³-hybridized carbons (Fsp3) is 0.394. The average molecular weight is 610 g/mol. The number of hydrogen-bond donors (Lipinski definition) is 1. The van der Waals surface area contributed by atoms with Gasteiger partial charge in [-0.1, -0.05) is 54.6 Å². The van der Waals surface area contributed by atoms with Crippen LogP contribution in [0.25, 0.3) is 0 Å². The average Bonchev–Trinajstić information content (AvgIpc) is 3.58. The molecule has 4 rings (SSSR count). The van der Waals surface area contributed by atoms with Gasteiger partial charge in [-0.25, -0.2) is 12.8 Å². The standard InChI is InChI=1S/C33H40FN3O5S/c1-2-42-24-8-21-35-33(39)32(28-9-4-3-5-10-28)37(25-27-11-16-29(34)17-12-27)31(38)20-15-26-13-18-30(19-14-26)43(40,41)36-22-6-7-23-36/h3-5,9-14,16-19,32H,2,6-8,15,20-25H2,1H3,(H,35,39)/t32-/m0/s1. The van der Waals surface area contributed by atoms with E-state index in [1.54, 1.807) is 36.4 Å². The number of nitrogens with zero attached hydrogens (tertiary/aromatic N) is 2. The summed E-state index contributed by atoms with van der Waals surface area (Å²) >= 11 is 0. The molecule has 1 saturated heterocycles. The molecule has 0 saturated carbocycles. The van der Waals surface area contributed by atoms with Gasteiger partial charge in [-0.05, 0) is 73.6 Å². The lowest BCUT2D eigenvalue weighted by atomic mass is 10.0. The van der Waals surface area contributed by atoms with Crippen LogP contribution in [0.3, 0.4) is 0 Å². The molecular formula is C33H40FN3O5S. The molecule has 0 unspecified atom stereocenters.